The van der Waals surface area contributed by atoms with Gasteiger partial charge in [0, 0.05) is 15.6 Å². The van der Waals surface area contributed by atoms with Gasteiger partial charge >= 0.3 is 0 Å². The second kappa shape index (κ2) is 3.63. The minimum Gasteiger partial charge on any atom is -0.0966 e. The lowest BCUT2D eigenvalue weighted by molar-refractivity contribution is 0.977. The summed E-state index contributed by atoms with van der Waals surface area (Å²) in [5, 5.41) is 1.05. The van der Waals surface area contributed by atoms with Crippen LogP contribution >= 0.6 is 46.4 Å². The van der Waals surface area contributed by atoms with Crippen LogP contribution in [0.15, 0.2) is 18.2 Å². The normalized spacial score (nSPS) is 11.8. The summed E-state index contributed by atoms with van der Waals surface area (Å²) in [6, 6.07) is 5.03. The standard InChI is InChI=1S/C8H6Cl4/c1-8(11,12)6-3-2-5(9)4-7(6)10/h2-4H,1H3. The Morgan fingerprint density at radius 2 is 1.75 bits per heavy atom. The van der Waals surface area contributed by atoms with Crippen LogP contribution in [-0.2, 0) is 4.33 Å². The predicted octanol–water partition coefficient (Wildman–Crippen LogP) is 4.64. The predicted molar refractivity (Wildman–Crippen MR) is 55.5 cm³/mol. The van der Waals surface area contributed by atoms with Gasteiger partial charge in [-0.15, -0.1) is 0 Å². The molecule has 0 N–H and O–H groups in total. The zero-order valence-corrected chi connectivity index (χ0v) is 9.27. The van der Waals surface area contributed by atoms with Gasteiger partial charge in [0.1, 0.15) is 4.33 Å². The summed E-state index contributed by atoms with van der Waals surface area (Å²) in [6.07, 6.45) is 0. The fourth-order valence-electron chi connectivity index (χ4n) is 0.845. The zero-order chi connectivity index (χ0) is 9.35. The molecule has 0 bridgehead atoms. The maximum Gasteiger partial charge on any atom is 0.141 e. The summed E-state index contributed by atoms with van der Waals surface area (Å²) in [5.41, 5.74) is 0.664. The van der Waals surface area contributed by atoms with Crippen molar-refractivity contribution in [3.8, 4) is 0 Å². The minimum atomic E-state index is -0.971. The molecule has 0 radical (unpaired) electrons. The van der Waals surface area contributed by atoms with Gasteiger partial charge in [0.25, 0.3) is 0 Å². The summed E-state index contributed by atoms with van der Waals surface area (Å²) in [7, 11) is 0. The largest absolute Gasteiger partial charge is 0.141 e. The Morgan fingerprint density at radius 1 is 1.17 bits per heavy atom. The number of rotatable bonds is 1. The quantitative estimate of drug-likeness (QED) is 0.631. The molecule has 4 heteroatoms. The number of hydrogen-bond acceptors (Lipinski definition) is 0. The Morgan fingerprint density at radius 3 is 2.17 bits per heavy atom. The lowest BCUT2D eigenvalue weighted by Gasteiger charge is -2.15. The van der Waals surface area contributed by atoms with Crippen molar-refractivity contribution in [1.82, 2.24) is 0 Å². The van der Waals surface area contributed by atoms with E-state index in [0.717, 1.165) is 0 Å². The monoisotopic (exact) mass is 242 g/mol. The van der Waals surface area contributed by atoms with Gasteiger partial charge in [-0.2, -0.15) is 0 Å². The molecule has 0 aliphatic carbocycles. The van der Waals surface area contributed by atoms with Gasteiger partial charge in [0.05, 0.1) is 0 Å². The van der Waals surface area contributed by atoms with Crippen LogP contribution < -0.4 is 0 Å². The van der Waals surface area contributed by atoms with Crippen LogP contribution in [0.25, 0.3) is 0 Å². The molecule has 12 heavy (non-hydrogen) atoms. The van der Waals surface area contributed by atoms with Gasteiger partial charge in [0.15, 0.2) is 0 Å². The Hall–Kier alpha value is 0.380. The molecule has 0 amide bonds. The van der Waals surface area contributed by atoms with Crippen molar-refractivity contribution in [3.63, 3.8) is 0 Å². The molecule has 0 nitrogen and oxygen atoms in total. The molecule has 1 rings (SSSR count). The third-order valence-electron chi connectivity index (χ3n) is 1.40. The van der Waals surface area contributed by atoms with Crippen molar-refractivity contribution in [2.75, 3.05) is 0 Å². The van der Waals surface area contributed by atoms with Crippen LogP contribution in [0.5, 0.6) is 0 Å². The lowest BCUT2D eigenvalue weighted by atomic mass is 10.1. The first-order valence-corrected chi connectivity index (χ1v) is 4.76. The van der Waals surface area contributed by atoms with E-state index in [9.17, 15) is 0 Å². The Kier molecular flexibility index (Phi) is 3.16. The van der Waals surface area contributed by atoms with E-state index in [-0.39, 0.29) is 0 Å². The Labute approximate surface area is 91.4 Å². The molecule has 0 fully saturated rings. The molecule has 0 saturated heterocycles. The first-order chi connectivity index (χ1) is 5.41. The maximum absolute atomic E-state index is 5.86. The van der Waals surface area contributed by atoms with Gasteiger partial charge in [-0.05, 0) is 19.1 Å². The molecule has 0 saturated carbocycles. The van der Waals surface area contributed by atoms with E-state index in [2.05, 4.69) is 0 Å². The van der Waals surface area contributed by atoms with E-state index in [1.165, 1.54) is 0 Å². The average molecular weight is 244 g/mol. The topological polar surface area (TPSA) is 0 Å². The highest BCUT2D eigenvalue weighted by Crippen LogP contribution is 2.38. The van der Waals surface area contributed by atoms with Crippen LogP contribution in [0.2, 0.25) is 10.0 Å². The number of benzene rings is 1. The molecule has 0 aliphatic heterocycles. The highest BCUT2D eigenvalue weighted by molar-refractivity contribution is 6.49. The van der Waals surface area contributed by atoms with Crippen LogP contribution in [0, 0.1) is 0 Å². The average Bonchev–Trinajstić information content (AvgIpc) is 1.83. The molecule has 66 valence electrons. The van der Waals surface area contributed by atoms with Crippen molar-refractivity contribution >= 4 is 46.4 Å². The molecule has 0 aromatic heterocycles. The number of halogens is 4. The van der Waals surface area contributed by atoms with Crippen molar-refractivity contribution in [1.29, 1.82) is 0 Å². The number of alkyl halides is 2. The second-order valence-corrected chi connectivity index (χ2v) is 5.06. The molecule has 0 heterocycles. The minimum absolute atomic E-state index is 0.481. The molecule has 1 aromatic rings. The number of hydrogen-bond donors (Lipinski definition) is 0. The van der Waals surface area contributed by atoms with Crippen molar-refractivity contribution < 1.29 is 0 Å². The van der Waals surface area contributed by atoms with Crippen molar-refractivity contribution in [3.05, 3.63) is 33.8 Å². The van der Waals surface area contributed by atoms with Crippen molar-refractivity contribution in [2.45, 2.75) is 11.3 Å². The van der Waals surface area contributed by atoms with Crippen LogP contribution in [0.1, 0.15) is 12.5 Å². The highest BCUT2D eigenvalue weighted by Gasteiger charge is 2.22. The Bertz CT molecular complexity index is 288. The SMILES string of the molecule is CC(Cl)(Cl)c1ccc(Cl)cc1Cl. The first-order valence-electron chi connectivity index (χ1n) is 3.24. The van der Waals surface area contributed by atoms with Gasteiger partial charge < -0.3 is 0 Å². The van der Waals surface area contributed by atoms with E-state index in [4.69, 9.17) is 46.4 Å². The van der Waals surface area contributed by atoms with Gasteiger partial charge in [-0.3, -0.25) is 0 Å². The summed E-state index contributed by atoms with van der Waals surface area (Å²) >= 11 is 23.3. The van der Waals surface area contributed by atoms with Gasteiger partial charge in [-0.1, -0.05) is 52.5 Å². The van der Waals surface area contributed by atoms with Gasteiger partial charge in [0.2, 0.25) is 0 Å². The first kappa shape index (κ1) is 10.5. The van der Waals surface area contributed by atoms with Crippen LogP contribution in [-0.4, -0.2) is 0 Å². The van der Waals surface area contributed by atoms with E-state index >= 15 is 0 Å². The summed E-state index contributed by atoms with van der Waals surface area (Å²) in [4.78, 5) is 0. The summed E-state index contributed by atoms with van der Waals surface area (Å²) in [5.74, 6) is 0. The Balaban J connectivity index is 3.19. The van der Waals surface area contributed by atoms with E-state index in [0.29, 0.717) is 15.6 Å². The second-order valence-electron chi connectivity index (χ2n) is 2.51. The van der Waals surface area contributed by atoms with Gasteiger partial charge in [-0.25, -0.2) is 0 Å². The fourth-order valence-corrected chi connectivity index (χ4v) is 1.87. The molecule has 0 spiro atoms. The third kappa shape index (κ3) is 2.43. The maximum atomic E-state index is 5.86. The molecule has 1 aromatic carbocycles. The molecule has 0 aliphatic rings. The molecular formula is C8H6Cl4. The lowest BCUT2D eigenvalue weighted by Crippen LogP contribution is -2.03. The fraction of sp³-hybridized carbons (Fsp3) is 0.250. The summed E-state index contributed by atoms with van der Waals surface area (Å²) in [6.45, 7) is 1.66. The molecule has 0 unspecified atom stereocenters. The van der Waals surface area contributed by atoms with Crippen LogP contribution in [0.3, 0.4) is 0 Å². The zero-order valence-electron chi connectivity index (χ0n) is 6.24. The molecule has 0 atom stereocenters. The van der Waals surface area contributed by atoms with E-state index in [1.807, 2.05) is 0 Å². The van der Waals surface area contributed by atoms with Crippen molar-refractivity contribution in [2.24, 2.45) is 0 Å². The third-order valence-corrected chi connectivity index (χ3v) is 2.36. The molecular weight excluding hydrogens is 238 g/mol. The summed E-state index contributed by atoms with van der Waals surface area (Å²) < 4.78 is -0.971. The van der Waals surface area contributed by atoms with E-state index in [1.54, 1.807) is 25.1 Å². The highest BCUT2D eigenvalue weighted by atomic mass is 35.5. The van der Waals surface area contributed by atoms with E-state index < -0.39 is 4.33 Å². The van der Waals surface area contributed by atoms with Crippen LogP contribution in [0.4, 0.5) is 0 Å². The smallest absolute Gasteiger partial charge is 0.0966 e.